The van der Waals surface area contributed by atoms with Gasteiger partial charge in [-0.15, -0.1) is 0 Å². The van der Waals surface area contributed by atoms with Crippen LogP contribution in [0.2, 0.25) is 5.02 Å². The van der Waals surface area contributed by atoms with Crippen molar-refractivity contribution in [1.29, 1.82) is 0 Å². The molecule has 0 saturated heterocycles. The molecule has 1 N–H and O–H groups in total. The van der Waals surface area contributed by atoms with Crippen molar-refractivity contribution >= 4 is 35.0 Å². The van der Waals surface area contributed by atoms with Crippen molar-refractivity contribution in [3.8, 4) is 0 Å². The van der Waals surface area contributed by atoms with Crippen LogP contribution in [0.4, 0.5) is 0 Å². The molecule has 2 heterocycles. The van der Waals surface area contributed by atoms with Gasteiger partial charge in [-0.1, -0.05) is 23.8 Å². The van der Waals surface area contributed by atoms with Gasteiger partial charge in [-0.3, -0.25) is 0 Å². The van der Waals surface area contributed by atoms with Crippen LogP contribution in [0.25, 0.3) is 11.2 Å². The second-order valence-corrected chi connectivity index (χ2v) is 4.29. The minimum atomic E-state index is 0.615. The van der Waals surface area contributed by atoms with Gasteiger partial charge in [0.25, 0.3) is 0 Å². The first kappa shape index (κ1) is 11.4. The summed E-state index contributed by atoms with van der Waals surface area (Å²) < 4.78 is 2.68. The topological polar surface area (TPSA) is 33.6 Å². The second kappa shape index (κ2) is 4.80. The van der Waals surface area contributed by atoms with Crippen molar-refractivity contribution in [2.45, 2.75) is 19.9 Å². The van der Waals surface area contributed by atoms with Crippen molar-refractivity contribution in [2.75, 3.05) is 0 Å². The average Bonchev–Trinajstić information content (AvgIpc) is 2.55. The standard InChI is InChI=1S/C11H12ClN3S/c1-2-3-4-5-15-10-9(14-11(15)16)6-8(12)7-13-10/h2-3,6-7H,4-5H2,1H3,(H,14,16)/b3-2+. The summed E-state index contributed by atoms with van der Waals surface area (Å²) >= 11 is 11.1. The van der Waals surface area contributed by atoms with Gasteiger partial charge in [0.2, 0.25) is 0 Å². The molecular weight excluding hydrogens is 242 g/mol. The maximum absolute atomic E-state index is 5.87. The first-order chi connectivity index (χ1) is 7.72. The highest BCUT2D eigenvalue weighted by Crippen LogP contribution is 2.16. The molecule has 5 heteroatoms. The van der Waals surface area contributed by atoms with E-state index >= 15 is 0 Å². The van der Waals surface area contributed by atoms with Crippen LogP contribution in [0.15, 0.2) is 24.4 Å². The number of aryl methyl sites for hydroxylation is 1. The fourth-order valence-corrected chi connectivity index (χ4v) is 2.04. The van der Waals surface area contributed by atoms with E-state index in [-0.39, 0.29) is 0 Å². The molecule has 84 valence electrons. The highest BCUT2D eigenvalue weighted by Gasteiger charge is 2.05. The molecule has 2 aromatic rings. The Kier molecular flexibility index (Phi) is 3.41. The number of imidazole rings is 1. The third-order valence-electron chi connectivity index (χ3n) is 2.33. The van der Waals surface area contributed by atoms with Gasteiger partial charge in [-0.25, -0.2) is 4.98 Å². The zero-order chi connectivity index (χ0) is 11.5. The Hall–Kier alpha value is -1.13. The van der Waals surface area contributed by atoms with Crippen molar-refractivity contribution in [2.24, 2.45) is 0 Å². The van der Waals surface area contributed by atoms with Crippen LogP contribution < -0.4 is 0 Å². The summed E-state index contributed by atoms with van der Waals surface area (Å²) in [6.45, 7) is 2.84. The van der Waals surface area contributed by atoms with Crippen molar-refractivity contribution in [3.63, 3.8) is 0 Å². The largest absolute Gasteiger partial charge is 0.329 e. The lowest BCUT2D eigenvalue weighted by atomic mass is 10.4. The SMILES string of the molecule is C/C=C/CCn1c(=S)[nH]c2cc(Cl)cnc21. The van der Waals surface area contributed by atoms with Gasteiger partial charge in [-0.05, 0) is 31.6 Å². The molecule has 0 spiro atoms. The van der Waals surface area contributed by atoms with E-state index in [2.05, 4.69) is 16.0 Å². The van der Waals surface area contributed by atoms with E-state index in [0.29, 0.717) is 9.79 Å². The molecule has 0 aliphatic rings. The number of H-pyrrole nitrogens is 1. The van der Waals surface area contributed by atoms with Crippen LogP contribution in [0.3, 0.4) is 0 Å². The number of pyridine rings is 1. The predicted molar refractivity (Wildman–Crippen MR) is 69.4 cm³/mol. The monoisotopic (exact) mass is 253 g/mol. The molecule has 2 aromatic heterocycles. The highest BCUT2D eigenvalue weighted by molar-refractivity contribution is 7.71. The fourth-order valence-electron chi connectivity index (χ4n) is 1.60. The minimum absolute atomic E-state index is 0.615. The first-order valence-electron chi connectivity index (χ1n) is 5.07. The third-order valence-corrected chi connectivity index (χ3v) is 2.86. The zero-order valence-corrected chi connectivity index (χ0v) is 10.5. The van der Waals surface area contributed by atoms with E-state index in [4.69, 9.17) is 23.8 Å². The molecule has 0 atom stereocenters. The number of rotatable bonds is 3. The van der Waals surface area contributed by atoms with Crippen LogP contribution in [0.5, 0.6) is 0 Å². The number of hydrogen-bond acceptors (Lipinski definition) is 2. The summed E-state index contributed by atoms with van der Waals surface area (Å²) in [5, 5.41) is 0.615. The quantitative estimate of drug-likeness (QED) is 0.668. The number of halogens is 1. The molecule has 0 aliphatic heterocycles. The summed E-state index contributed by atoms with van der Waals surface area (Å²) in [5.41, 5.74) is 1.75. The third kappa shape index (κ3) is 2.18. The van der Waals surface area contributed by atoms with Gasteiger partial charge < -0.3 is 9.55 Å². The highest BCUT2D eigenvalue weighted by atomic mass is 35.5. The lowest BCUT2D eigenvalue weighted by molar-refractivity contribution is 0.713. The molecule has 0 amide bonds. The van der Waals surface area contributed by atoms with E-state index in [0.717, 1.165) is 24.1 Å². The van der Waals surface area contributed by atoms with E-state index < -0.39 is 0 Å². The van der Waals surface area contributed by atoms with Gasteiger partial charge in [0.05, 0.1) is 10.5 Å². The molecule has 0 aliphatic carbocycles. The first-order valence-corrected chi connectivity index (χ1v) is 5.86. The Morgan fingerprint density at radius 3 is 3.19 bits per heavy atom. The summed E-state index contributed by atoms with van der Waals surface area (Å²) in [4.78, 5) is 7.39. The minimum Gasteiger partial charge on any atom is -0.329 e. The number of fused-ring (bicyclic) bond motifs is 1. The molecule has 0 unspecified atom stereocenters. The van der Waals surface area contributed by atoms with E-state index in [9.17, 15) is 0 Å². The Morgan fingerprint density at radius 2 is 2.44 bits per heavy atom. The molecular formula is C11H12ClN3S. The maximum Gasteiger partial charge on any atom is 0.179 e. The molecule has 2 rings (SSSR count). The lowest BCUT2D eigenvalue weighted by Gasteiger charge is -2.00. The van der Waals surface area contributed by atoms with Gasteiger partial charge in [0.1, 0.15) is 0 Å². The van der Waals surface area contributed by atoms with Crippen LogP contribution in [0, 0.1) is 4.77 Å². The summed E-state index contributed by atoms with van der Waals surface area (Å²) in [7, 11) is 0. The molecule has 0 aromatic carbocycles. The van der Waals surface area contributed by atoms with Gasteiger partial charge in [0.15, 0.2) is 10.4 Å². The zero-order valence-electron chi connectivity index (χ0n) is 8.90. The van der Waals surface area contributed by atoms with Gasteiger partial charge in [-0.2, -0.15) is 0 Å². The fraction of sp³-hybridized carbons (Fsp3) is 0.273. The smallest absolute Gasteiger partial charge is 0.179 e. The Balaban J connectivity index is 2.44. The molecule has 0 radical (unpaired) electrons. The van der Waals surface area contributed by atoms with Crippen LogP contribution in [-0.2, 0) is 6.54 Å². The Labute approximate surface area is 104 Å². The van der Waals surface area contributed by atoms with Crippen molar-refractivity contribution < 1.29 is 0 Å². The number of nitrogens with one attached hydrogen (secondary N) is 1. The van der Waals surface area contributed by atoms with Crippen molar-refractivity contribution in [1.82, 2.24) is 14.5 Å². The van der Waals surface area contributed by atoms with Crippen LogP contribution in [-0.4, -0.2) is 14.5 Å². The number of aromatic amines is 1. The summed E-state index contributed by atoms with van der Waals surface area (Å²) in [5.74, 6) is 0. The van der Waals surface area contributed by atoms with Gasteiger partial charge >= 0.3 is 0 Å². The molecule has 3 nitrogen and oxygen atoms in total. The second-order valence-electron chi connectivity index (χ2n) is 3.46. The van der Waals surface area contributed by atoms with Crippen LogP contribution >= 0.6 is 23.8 Å². The maximum atomic E-state index is 5.87. The number of hydrogen-bond donors (Lipinski definition) is 1. The van der Waals surface area contributed by atoms with E-state index in [1.807, 2.05) is 23.6 Å². The number of allylic oxidation sites excluding steroid dienone is 2. The summed E-state index contributed by atoms with van der Waals surface area (Å²) in [6.07, 6.45) is 6.72. The van der Waals surface area contributed by atoms with Gasteiger partial charge in [0, 0.05) is 12.7 Å². The molecule has 0 bridgehead atoms. The summed E-state index contributed by atoms with van der Waals surface area (Å²) in [6, 6.07) is 1.84. The normalized spacial score (nSPS) is 11.6. The van der Waals surface area contributed by atoms with Crippen LogP contribution in [0.1, 0.15) is 13.3 Å². The number of nitrogens with zero attached hydrogens (tertiary/aromatic N) is 2. The number of aromatic nitrogens is 3. The lowest BCUT2D eigenvalue weighted by Crippen LogP contribution is -1.97. The molecule has 16 heavy (non-hydrogen) atoms. The van der Waals surface area contributed by atoms with E-state index in [1.165, 1.54) is 0 Å². The average molecular weight is 254 g/mol. The predicted octanol–water partition coefficient (Wildman–Crippen LogP) is 3.71. The molecule has 0 saturated carbocycles. The van der Waals surface area contributed by atoms with Crippen molar-refractivity contribution in [3.05, 3.63) is 34.2 Å². The van der Waals surface area contributed by atoms with E-state index in [1.54, 1.807) is 6.20 Å². The molecule has 0 fully saturated rings. The Morgan fingerprint density at radius 1 is 1.62 bits per heavy atom. The Bertz CT molecular complexity index is 582.